The first-order valence-electron chi connectivity index (χ1n) is 7.79. The summed E-state index contributed by atoms with van der Waals surface area (Å²) in [5.74, 6) is 0.501. The Morgan fingerprint density at radius 1 is 1.05 bits per heavy atom. The molecule has 1 unspecified atom stereocenters. The van der Waals surface area contributed by atoms with Crippen molar-refractivity contribution in [2.24, 2.45) is 17.3 Å². The molecule has 1 atom stereocenters. The van der Waals surface area contributed by atoms with E-state index < -0.39 is 0 Å². The summed E-state index contributed by atoms with van der Waals surface area (Å²) < 4.78 is 27.8. The average Bonchev–Trinajstić information content (AvgIpc) is 2.41. The maximum Gasteiger partial charge on any atom is 0.128 e. The lowest BCUT2D eigenvalue weighted by Gasteiger charge is -2.38. The fourth-order valence-corrected chi connectivity index (χ4v) is 4.28. The normalized spacial score (nSPS) is 24.9. The van der Waals surface area contributed by atoms with Gasteiger partial charge in [-0.2, -0.15) is 0 Å². The van der Waals surface area contributed by atoms with Gasteiger partial charge in [0, 0.05) is 10.4 Å². The molecule has 1 aromatic rings. The number of benzene rings is 1. The molecular weight excluding hydrogens is 334 g/mol. The first-order chi connectivity index (χ1) is 9.70. The molecule has 1 saturated carbocycles. The number of hydrogen-bond donors (Lipinski definition) is 0. The van der Waals surface area contributed by atoms with Crippen LogP contribution >= 0.6 is 15.9 Å². The molecule has 2 rings (SSSR count). The van der Waals surface area contributed by atoms with Gasteiger partial charge >= 0.3 is 0 Å². The van der Waals surface area contributed by atoms with Gasteiger partial charge in [-0.25, -0.2) is 8.78 Å². The van der Waals surface area contributed by atoms with Crippen molar-refractivity contribution in [3.8, 4) is 0 Å². The molecule has 118 valence electrons. The fraction of sp³-hybridized carbons (Fsp3) is 0.667. The number of alkyl halides is 1. The van der Waals surface area contributed by atoms with E-state index in [0.717, 1.165) is 18.8 Å². The second-order valence-electron chi connectivity index (χ2n) is 7.50. The number of halogens is 3. The van der Waals surface area contributed by atoms with Gasteiger partial charge in [0.05, 0.1) is 0 Å². The Balaban J connectivity index is 2.09. The van der Waals surface area contributed by atoms with Crippen molar-refractivity contribution >= 4 is 15.9 Å². The molecule has 0 radical (unpaired) electrons. The number of aryl methyl sites for hydroxylation is 1. The molecule has 1 aliphatic carbocycles. The third kappa shape index (κ3) is 3.85. The molecule has 0 bridgehead atoms. The van der Waals surface area contributed by atoms with E-state index in [4.69, 9.17) is 0 Å². The molecule has 1 aliphatic rings. The van der Waals surface area contributed by atoms with E-state index in [-0.39, 0.29) is 16.5 Å². The molecule has 0 aromatic heterocycles. The Kier molecular flexibility index (Phi) is 5.12. The van der Waals surface area contributed by atoms with Crippen LogP contribution in [0.5, 0.6) is 0 Å². The summed E-state index contributed by atoms with van der Waals surface area (Å²) in [7, 11) is 0. The summed E-state index contributed by atoms with van der Waals surface area (Å²) >= 11 is 3.62. The van der Waals surface area contributed by atoms with Crippen molar-refractivity contribution in [3.63, 3.8) is 0 Å². The summed E-state index contributed by atoms with van der Waals surface area (Å²) in [6.45, 7) is 8.47. The molecule has 0 spiro atoms. The number of rotatable bonds is 2. The topological polar surface area (TPSA) is 0 Å². The van der Waals surface area contributed by atoms with Crippen LogP contribution < -0.4 is 0 Å². The third-order valence-corrected chi connectivity index (χ3v) is 6.23. The minimum Gasteiger partial charge on any atom is -0.207 e. The van der Waals surface area contributed by atoms with E-state index in [1.807, 2.05) is 0 Å². The van der Waals surface area contributed by atoms with Gasteiger partial charge in [0.25, 0.3) is 0 Å². The number of hydrogen-bond acceptors (Lipinski definition) is 0. The van der Waals surface area contributed by atoms with Crippen molar-refractivity contribution in [1.82, 2.24) is 0 Å². The summed E-state index contributed by atoms with van der Waals surface area (Å²) in [5.41, 5.74) is 1.18. The maximum atomic E-state index is 14.1. The Labute approximate surface area is 135 Å². The highest BCUT2D eigenvalue weighted by atomic mass is 79.9. The lowest BCUT2D eigenvalue weighted by molar-refractivity contribution is 0.149. The monoisotopic (exact) mass is 358 g/mol. The molecule has 0 saturated heterocycles. The zero-order valence-electron chi connectivity index (χ0n) is 13.3. The van der Waals surface area contributed by atoms with Gasteiger partial charge in [-0.05, 0) is 67.6 Å². The van der Waals surface area contributed by atoms with E-state index in [0.29, 0.717) is 22.5 Å². The Morgan fingerprint density at radius 2 is 1.62 bits per heavy atom. The summed E-state index contributed by atoms with van der Waals surface area (Å²) in [4.78, 5) is -0.0893. The smallest absolute Gasteiger partial charge is 0.128 e. The first-order valence-corrected chi connectivity index (χ1v) is 8.71. The van der Waals surface area contributed by atoms with Crippen molar-refractivity contribution in [3.05, 3.63) is 34.9 Å². The van der Waals surface area contributed by atoms with Crippen molar-refractivity contribution in [1.29, 1.82) is 0 Å². The Morgan fingerprint density at radius 3 is 2.14 bits per heavy atom. The van der Waals surface area contributed by atoms with E-state index in [1.54, 1.807) is 6.92 Å². The molecule has 1 fully saturated rings. The lowest BCUT2D eigenvalue weighted by atomic mass is 9.69. The summed E-state index contributed by atoms with van der Waals surface area (Å²) in [5, 5.41) is 0. The highest BCUT2D eigenvalue weighted by Gasteiger charge is 2.33. The van der Waals surface area contributed by atoms with Gasteiger partial charge in [-0.15, -0.1) is 0 Å². The van der Waals surface area contributed by atoms with Gasteiger partial charge in [0.2, 0.25) is 0 Å². The van der Waals surface area contributed by atoms with Crippen LogP contribution in [0.1, 0.15) is 62.4 Å². The van der Waals surface area contributed by atoms with Crippen LogP contribution in [-0.2, 0) is 0 Å². The predicted molar refractivity (Wildman–Crippen MR) is 87.7 cm³/mol. The summed E-state index contributed by atoms with van der Waals surface area (Å²) in [6, 6.07) is 2.67. The Bertz CT molecular complexity index is 497. The third-order valence-electron chi connectivity index (χ3n) is 4.99. The largest absolute Gasteiger partial charge is 0.207 e. The van der Waals surface area contributed by atoms with Crippen LogP contribution in [0, 0.1) is 35.8 Å². The zero-order chi connectivity index (χ0) is 15.8. The fourth-order valence-electron chi connectivity index (χ4n) is 3.40. The van der Waals surface area contributed by atoms with Crippen molar-refractivity contribution in [2.45, 2.75) is 58.2 Å². The van der Waals surface area contributed by atoms with Crippen LogP contribution in [-0.4, -0.2) is 0 Å². The highest BCUT2D eigenvalue weighted by Crippen LogP contribution is 2.46. The van der Waals surface area contributed by atoms with Gasteiger partial charge in [-0.1, -0.05) is 36.7 Å². The molecule has 0 nitrogen and oxygen atoms in total. The van der Waals surface area contributed by atoms with Gasteiger partial charge in [0.15, 0.2) is 0 Å². The molecule has 0 aliphatic heterocycles. The first kappa shape index (κ1) is 16.9. The molecule has 1 aromatic carbocycles. The average molecular weight is 359 g/mol. The minimum absolute atomic E-state index is 0.0893. The Hall–Kier alpha value is -0.440. The second-order valence-corrected chi connectivity index (χ2v) is 8.49. The summed E-state index contributed by atoms with van der Waals surface area (Å²) in [6.07, 6.45) is 4.50. The molecule has 0 N–H and O–H groups in total. The molecule has 21 heavy (non-hydrogen) atoms. The molecule has 0 heterocycles. The van der Waals surface area contributed by atoms with E-state index >= 15 is 0 Å². The van der Waals surface area contributed by atoms with E-state index in [1.165, 1.54) is 25.0 Å². The van der Waals surface area contributed by atoms with Gasteiger partial charge in [-0.3, -0.25) is 0 Å². The lowest BCUT2D eigenvalue weighted by Crippen LogP contribution is -2.27. The van der Waals surface area contributed by atoms with E-state index in [9.17, 15) is 8.78 Å². The van der Waals surface area contributed by atoms with Gasteiger partial charge < -0.3 is 0 Å². The van der Waals surface area contributed by atoms with Gasteiger partial charge in [0.1, 0.15) is 11.6 Å². The SMILES string of the molecule is Cc1cc(F)c(C(Br)C2CCC(C(C)(C)C)CC2)cc1F. The molecule has 0 amide bonds. The van der Waals surface area contributed by atoms with Crippen molar-refractivity contribution < 1.29 is 8.78 Å². The van der Waals surface area contributed by atoms with Crippen LogP contribution in [0.2, 0.25) is 0 Å². The minimum atomic E-state index is -0.320. The highest BCUT2D eigenvalue weighted by molar-refractivity contribution is 9.09. The molecule has 3 heteroatoms. The quantitative estimate of drug-likeness (QED) is 0.525. The maximum absolute atomic E-state index is 14.1. The predicted octanol–water partition coefficient (Wildman–Crippen LogP) is 6.56. The molecular formula is C18H25BrF2. The van der Waals surface area contributed by atoms with Crippen LogP contribution in [0.15, 0.2) is 12.1 Å². The van der Waals surface area contributed by atoms with Crippen LogP contribution in [0.25, 0.3) is 0 Å². The second kappa shape index (κ2) is 6.36. The van der Waals surface area contributed by atoms with Crippen LogP contribution in [0.3, 0.4) is 0 Å². The van der Waals surface area contributed by atoms with E-state index in [2.05, 4.69) is 36.7 Å². The standard InChI is InChI=1S/C18H25BrF2/c1-11-9-16(21)14(10-15(11)20)17(19)12-5-7-13(8-6-12)18(2,3)4/h9-10,12-13,17H,5-8H2,1-4H3. The van der Waals surface area contributed by atoms with Crippen molar-refractivity contribution in [2.75, 3.05) is 0 Å². The van der Waals surface area contributed by atoms with Crippen LogP contribution in [0.4, 0.5) is 8.78 Å². The zero-order valence-corrected chi connectivity index (χ0v) is 14.9.